The molecule has 13 heteroatoms. The zero-order valence-electron chi connectivity index (χ0n) is 26.1. The molecule has 3 aromatic heterocycles. The third kappa shape index (κ3) is 5.15. The second-order valence-corrected chi connectivity index (χ2v) is 14.5. The first-order chi connectivity index (χ1) is 22.0. The molecule has 1 saturated heterocycles. The largest absolute Gasteiger partial charge is 0.393 e. The molecule has 3 saturated carbocycles. The molecule has 46 heavy (non-hydrogen) atoms. The van der Waals surface area contributed by atoms with E-state index in [4.69, 9.17) is 0 Å². The van der Waals surface area contributed by atoms with E-state index >= 15 is 0 Å². The number of carbonyl (C=O) groups excluding carboxylic acids is 1. The molecule has 9 nitrogen and oxygen atoms in total. The Morgan fingerprint density at radius 3 is 2.59 bits per heavy atom. The Kier molecular flexibility index (Phi) is 7.44. The maximum absolute atomic E-state index is 13.1. The van der Waals surface area contributed by atoms with E-state index < -0.39 is 12.6 Å². The summed E-state index contributed by atoms with van der Waals surface area (Å²) in [5, 5.41) is 21.2. The van der Waals surface area contributed by atoms with Crippen LogP contribution in [0.25, 0.3) is 21.1 Å². The molecule has 1 atom stereocenters. The van der Waals surface area contributed by atoms with E-state index in [0.717, 1.165) is 80.5 Å². The van der Waals surface area contributed by atoms with E-state index in [2.05, 4.69) is 67.4 Å². The van der Waals surface area contributed by atoms with Gasteiger partial charge in [0.1, 0.15) is 22.4 Å². The van der Waals surface area contributed by atoms with Gasteiger partial charge in [-0.2, -0.15) is 23.4 Å². The number of nitriles is 1. The number of nitrogens with one attached hydrogen (secondary N) is 3. The topological polar surface area (TPSA) is 111 Å². The smallest absolute Gasteiger partial charge is 0.367 e. The molecule has 1 aliphatic heterocycles. The summed E-state index contributed by atoms with van der Waals surface area (Å²) >= 11 is 1.05. The summed E-state index contributed by atoms with van der Waals surface area (Å²) in [6.07, 6.45) is -0.784. The van der Waals surface area contributed by atoms with Gasteiger partial charge >= 0.3 is 6.18 Å². The number of thiophene rings is 1. The molecule has 3 N–H and O–H groups in total. The number of piperidine rings is 1. The number of anilines is 2. The van der Waals surface area contributed by atoms with E-state index in [0.29, 0.717) is 33.6 Å². The molecule has 4 aliphatic rings. The quantitative estimate of drug-likeness (QED) is 0.182. The zero-order valence-corrected chi connectivity index (χ0v) is 26.9. The first-order valence-electron chi connectivity index (χ1n) is 15.7. The van der Waals surface area contributed by atoms with Crippen molar-refractivity contribution < 1.29 is 18.0 Å². The highest BCUT2D eigenvalue weighted by Gasteiger charge is 2.73. The zero-order chi connectivity index (χ0) is 32.4. The fourth-order valence-corrected chi connectivity index (χ4v) is 9.21. The van der Waals surface area contributed by atoms with Gasteiger partial charge in [0.15, 0.2) is 0 Å². The van der Waals surface area contributed by atoms with E-state index in [-0.39, 0.29) is 21.9 Å². The number of benzene rings is 1. The lowest BCUT2D eigenvalue weighted by Crippen LogP contribution is -2.80. The van der Waals surface area contributed by atoms with Gasteiger partial charge in [0.2, 0.25) is 12.4 Å². The van der Waals surface area contributed by atoms with Crippen molar-refractivity contribution in [2.45, 2.75) is 76.8 Å². The van der Waals surface area contributed by atoms with Crippen LogP contribution in [-0.2, 0) is 24.3 Å². The van der Waals surface area contributed by atoms with E-state index in [9.17, 15) is 23.2 Å². The van der Waals surface area contributed by atoms with Crippen LogP contribution in [-0.4, -0.2) is 63.7 Å². The van der Waals surface area contributed by atoms with Crippen LogP contribution in [0.5, 0.6) is 0 Å². The standard InChI is InChI=1S/C33H37F3N8OS/c1-19-21(4-5-27-25(19)10-23(13-37)44(27)17-31-15-32(16-31,20(31)2)39-18-45)14-43-8-6-22(7-9-43)40-28-26-11-24(12-33(34,35)36)46-29(26)42-30(38-3)41-28/h4-5,10-11,18,20,22H,6-9,12,14-17H2,1-3H3,(H,39,45)(H2,38,40,41,42)/t20-,31?,32?/m0/s1. The second kappa shape index (κ2) is 11.1. The summed E-state index contributed by atoms with van der Waals surface area (Å²) in [6, 6.07) is 10.5. The van der Waals surface area contributed by atoms with Gasteiger partial charge in [-0.1, -0.05) is 13.0 Å². The summed E-state index contributed by atoms with van der Waals surface area (Å²) in [5.41, 5.74) is 4.24. The highest BCUT2D eigenvalue weighted by Crippen LogP contribution is 2.71. The van der Waals surface area contributed by atoms with Gasteiger partial charge in [-0.15, -0.1) is 11.3 Å². The third-order valence-electron chi connectivity index (χ3n) is 10.8. The average molecular weight is 651 g/mol. The van der Waals surface area contributed by atoms with Crippen molar-refractivity contribution in [1.82, 2.24) is 24.8 Å². The highest BCUT2D eigenvalue weighted by molar-refractivity contribution is 7.18. The number of rotatable bonds is 10. The Labute approximate surface area is 269 Å². The highest BCUT2D eigenvalue weighted by atomic mass is 32.1. The van der Waals surface area contributed by atoms with Crippen molar-refractivity contribution in [2.75, 3.05) is 30.8 Å². The first kappa shape index (κ1) is 30.7. The molecule has 4 heterocycles. The van der Waals surface area contributed by atoms with Crippen molar-refractivity contribution >= 4 is 50.6 Å². The molecule has 8 rings (SSSR count). The Hall–Kier alpha value is -3.89. The fraction of sp³-hybridized carbons (Fsp3) is 0.515. The van der Waals surface area contributed by atoms with E-state index in [1.807, 2.05) is 6.07 Å². The van der Waals surface area contributed by atoms with Gasteiger partial charge in [0, 0.05) is 60.6 Å². The molecule has 2 bridgehead atoms. The number of fused-ring (bicyclic) bond motifs is 2. The Morgan fingerprint density at radius 2 is 1.93 bits per heavy atom. The van der Waals surface area contributed by atoms with Crippen LogP contribution in [0.1, 0.15) is 54.3 Å². The molecule has 242 valence electrons. The molecular formula is C33H37F3N8OS. The minimum atomic E-state index is -4.28. The number of aryl methyl sites for hydroxylation is 1. The number of hydrogen-bond donors (Lipinski definition) is 3. The summed E-state index contributed by atoms with van der Waals surface area (Å²) in [6.45, 7) is 7.66. The normalized spacial score (nSPS) is 24.8. The second-order valence-electron chi connectivity index (χ2n) is 13.4. The van der Waals surface area contributed by atoms with Crippen LogP contribution in [0, 0.1) is 29.6 Å². The fourth-order valence-electron chi connectivity index (χ4n) is 8.15. The van der Waals surface area contributed by atoms with Gasteiger partial charge in [-0.25, -0.2) is 4.98 Å². The summed E-state index contributed by atoms with van der Waals surface area (Å²) in [5.74, 6) is 1.33. The van der Waals surface area contributed by atoms with Gasteiger partial charge in [0.05, 0.1) is 11.8 Å². The minimum absolute atomic E-state index is 0.0652. The number of amides is 1. The minimum Gasteiger partial charge on any atom is -0.367 e. The first-order valence-corrected chi connectivity index (χ1v) is 16.5. The number of halogens is 3. The van der Waals surface area contributed by atoms with Gasteiger partial charge < -0.3 is 20.5 Å². The summed E-state index contributed by atoms with van der Waals surface area (Å²) in [7, 11) is 1.70. The van der Waals surface area contributed by atoms with Crippen LogP contribution < -0.4 is 16.0 Å². The van der Waals surface area contributed by atoms with Gasteiger partial charge in [-0.05, 0) is 73.3 Å². The van der Waals surface area contributed by atoms with Crippen LogP contribution in [0.15, 0.2) is 24.3 Å². The lowest BCUT2D eigenvalue weighted by molar-refractivity contribution is -0.226. The average Bonchev–Trinajstić information content (AvgIpc) is 3.58. The van der Waals surface area contributed by atoms with E-state index in [1.54, 1.807) is 13.1 Å². The van der Waals surface area contributed by atoms with Crippen LogP contribution >= 0.6 is 11.3 Å². The molecule has 0 spiro atoms. The Morgan fingerprint density at radius 1 is 1.17 bits per heavy atom. The van der Waals surface area contributed by atoms with Crippen molar-refractivity contribution in [3.63, 3.8) is 0 Å². The predicted octanol–water partition coefficient (Wildman–Crippen LogP) is 5.96. The summed E-state index contributed by atoms with van der Waals surface area (Å²) in [4.78, 5) is 23.2. The van der Waals surface area contributed by atoms with Crippen molar-refractivity contribution in [2.24, 2.45) is 11.3 Å². The number of alkyl halides is 3. The number of hydrogen-bond acceptors (Lipinski definition) is 8. The van der Waals surface area contributed by atoms with Crippen LogP contribution in [0.4, 0.5) is 24.9 Å². The van der Waals surface area contributed by atoms with Crippen LogP contribution in [0.2, 0.25) is 0 Å². The Bertz CT molecular complexity index is 1860. The SMILES string of the molecule is CNc1nc(NC2CCN(Cc3ccc4c(cc(C#N)n4CC45CC(NC=O)(C4)[C@H]5C)c3C)CC2)c2cc(CC(F)(F)F)sc2n1. The monoisotopic (exact) mass is 650 g/mol. The van der Waals surface area contributed by atoms with Crippen molar-refractivity contribution in [3.05, 3.63) is 46.0 Å². The molecule has 3 aliphatic carbocycles. The molecule has 4 aromatic rings. The summed E-state index contributed by atoms with van der Waals surface area (Å²) < 4.78 is 41.3. The van der Waals surface area contributed by atoms with E-state index in [1.165, 1.54) is 11.1 Å². The number of aromatic nitrogens is 3. The number of likely N-dealkylation sites (tertiary alicyclic amines) is 1. The van der Waals surface area contributed by atoms with Crippen molar-refractivity contribution in [3.8, 4) is 6.07 Å². The molecule has 0 unspecified atom stereocenters. The van der Waals surface area contributed by atoms with Crippen LogP contribution in [0.3, 0.4) is 0 Å². The number of nitrogens with zero attached hydrogens (tertiary/aromatic N) is 5. The van der Waals surface area contributed by atoms with Crippen molar-refractivity contribution in [1.29, 1.82) is 5.26 Å². The number of carbonyl (C=O) groups is 1. The maximum atomic E-state index is 13.1. The lowest BCUT2D eigenvalue weighted by Gasteiger charge is -2.75. The molecule has 4 fully saturated rings. The maximum Gasteiger partial charge on any atom is 0.393 e. The molecular weight excluding hydrogens is 613 g/mol. The molecule has 1 amide bonds. The molecule has 0 radical (unpaired) electrons. The predicted molar refractivity (Wildman–Crippen MR) is 173 cm³/mol. The molecule has 1 aromatic carbocycles. The van der Waals surface area contributed by atoms with Gasteiger partial charge in [0.25, 0.3) is 0 Å². The van der Waals surface area contributed by atoms with Gasteiger partial charge in [-0.3, -0.25) is 9.69 Å². The third-order valence-corrected chi connectivity index (χ3v) is 11.9. The Balaban J connectivity index is 1.02. The lowest BCUT2D eigenvalue weighted by atomic mass is 9.33.